The normalized spacial score (nSPS) is 17.0. The number of nitrogens with zero attached hydrogens (tertiary/aromatic N) is 1. The summed E-state index contributed by atoms with van der Waals surface area (Å²) in [5.41, 5.74) is 2.27. The Morgan fingerprint density at radius 3 is 2.80 bits per heavy atom. The molecule has 0 radical (unpaired) electrons. The number of amides is 1. The van der Waals surface area contributed by atoms with Crippen LogP contribution in [0.2, 0.25) is 0 Å². The van der Waals surface area contributed by atoms with Gasteiger partial charge in [0.05, 0.1) is 17.7 Å². The number of fused-ring (bicyclic) bond motifs is 1. The third-order valence-electron chi connectivity index (χ3n) is 4.31. The zero-order valence-electron chi connectivity index (χ0n) is 13.9. The van der Waals surface area contributed by atoms with Crippen LogP contribution in [-0.4, -0.2) is 17.0 Å². The van der Waals surface area contributed by atoms with Crippen LogP contribution >= 0.6 is 0 Å². The first-order valence-corrected chi connectivity index (χ1v) is 8.26. The molecule has 0 aliphatic heterocycles. The second-order valence-electron chi connectivity index (χ2n) is 6.11. The number of aryl methyl sites for hydroxylation is 1. The number of benzene rings is 1. The third kappa shape index (κ3) is 3.89. The zero-order valence-corrected chi connectivity index (χ0v) is 13.9. The fraction of sp³-hybridized carbons (Fsp3) is 0.316. The summed E-state index contributed by atoms with van der Waals surface area (Å²) in [6.07, 6.45) is 1.88. The standard InChI is InChI=1S/C19H19N3O3/c1-12(25-14-7-5-13(11-20)6-8-14)19(24)22-17-4-2-3-16-15(17)9-10-18(23)21-16/h5-10,12,17H,2-4H2,1H3,(H,21,23)(H,22,24)/t12-,17+/m0/s1. The Kier molecular flexibility index (Phi) is 4.85. The molecule has 6 heteroatoms. The number of H-pyrrole nitrogens is 1. The molecule has 0 saturated carbocycles. The largest absolute Gasteiger partial charge is 0.481 e. The lowest BCUT2D eigenvalue weighted by molar-refractivity contribution is -0.128. The highest BCUT2D eigenvalue weighted by atomic mass is 16.5. The van der Waals surface area contributed by atoms with E-state index in [-0.39, 0.29) is 17.5 Å². The molecule has 1 aliphatic carbocycles. The van der Waals surface area contributed by atoms with Gasteiger partial charge in [0.1, 0.15) is 5.75 Å². The molecule has 1 aromatic carbocycles. The summed E-state index contributed by atoms with van der Waals surface area (Å²) in [7, 11) is 0. The molecular formula is C19H19N3O3. The van der Waals surface area contributed by atoms with E-state index in [1.807, 2.05) is 6.07 Å². The van der Waals surface area contributed by atoms with Gasteiger partial charge in [-0.05, 0) is 62.1 Å². The number of nitrogens with one attached hydrogen (secondary N) is 2. The van der Waals surface area contributed by atoms with Crippen LogP contribution in [-0.2, 0) is 11.2 Å². The maximum atomic E-state index is 12.5. The number of nitriles is 1. The molecular weight excluding hydrogens is 318 g/mol. The molecule has 3 rings (SSSR count). The lowest BCUT2D eigenvalue weighted by atomic mass is 9.91. The second-order valence-corrected chi connectivity index (χ2v) is 6.11. The smallest absolute Gasteiger partial charge is 0.261 e. The van der Waals surface area contributed by atoms with E-state index in [0.29, 0.717) is 11.3 Å². The number of aromatic nitrogens is 1. The van der Waals surface area contributed by atoms with Crippen molar-refractivity contribution >= 4 is 5.91 Å². The zero-order chi connectivity index (χ0) is 17.8. The van der Waals surface area contributed by atoms with Crippen molar-refractivity contribution in [2.75, 3.05) is 0 Å². The predicted octanol–water partition coefficient (Wildman–Crippen LogP) is 2.21. The van der Waals surface area contributed by atoms with Crippen LogP contribution in [0.1, 0.15) is 42.6 Å². The molecule has 25 heavy (non-hydrogen) atoms. The van der Waals surface area contributed by atoms with E-state index in [9.17, 15) is 9.59 Å². The molecule has 2 aromatic rings. The number of carbonyl (C=O) groups excluding carboxylic acids is 1. The molecule has 0 spiro atoms. The fourth-order valence-corrected chi connectivity index (χ4v) is 3.01. The van der Waals surface area contributed by atoms with Crippen molar-refractivity contribution in [3.05, 3.63) is 63.6 Å². The van der Waals surface area contributed by atoms with E-state index in [1.165, 1.54) is 6.07 Å². The van der Waals surface area contributed by atoms with Crippen LogP contribution < -0.4 is 15.6 Å². The summed E-state index contributed by atoms with van der Waals surface area (Å²) in [5, 5.41) is 11.8. The van der Waals surface area contributed by atoms with Gasteiger partial charge in [-0.2, -0.15) is 5.26 Å². The first-order valence-electron chi connectivity index (χ1n) is 8.26. The van der Waals surface area contributed by atoms with Crippen molar-refractivity contribution in [3.63, 3.8) is 0 Å². The van der Waals surface area contributed by atoms with Crippen molar-refractivity contribution in [1.29, 1.82) is 5.26 Å². The number of ether oxygens (including phenoxy) is 1. The van der Waals surface area contributed by atoms with Gasteiger partial charge in [0.2, 0.25) is 5.56 Å². The highest BCUT2D eigenvalue weighted by Crippen LogP contribution is 2.27. The molecule has 1 aromatic heterocycles. The van der Waals surface area contributed by atoms with Crippen LogP contribution in [0.5, 0.6) is 5.75 Å². The molecule has 1 amide bonds. The summed E-state index contributed by atoms with van der Waals surface area (Å²) in [6.45, 7) is 1.68. The molecule has 2 N–H and O–H groups in total. The average molecular weight is 337 g/mol. The Labute approximate surface area is 145 Å². The van der Waals surface area contributed by atoms with Crippen LogP contribution in [0.25, 0.3) is 0 Å². The molecule has 0 unspecified atom stereocenters. The van der Waals surface area contributed by atoms with Gasteiger partial charge in [0.25, 0.3) is 5.91 Å². The third-order valence-corrected chi connectivity index (χ3v) is 4.31. The summed E-state index contributed by atoms with van der Waals surface area (Å²) in [4.78, 5) is 26.7. The highest BCUT2D eigenvalue weighted by molar-refractivity contribution is 5.81. The van der Waals surface area contributed by atoms with Gasteiger partial charge < -0.3 is 15.0 Å². The maximum Gasteiger partial charge on any atom is 0.261 e. The Hall–Kier alpha value is -3.07. The lowest BCUT2D eigenvalue weighted by Gasteiger charge is -2.27. The highest BCUT2D eigenvalue weighted by Gasteiger charge is 2.25. The number of hydrogen-bond donors (Lipinski definition) is 2. The number of hydrogen-bond acceptors (Lipinski definition) is 4. The maximum absolute atomic E-state index is 12.5. The van der Waals surface area contributed by atoms with E-state index in [1.54, 1.807) is 37.3 Å². The summed E-state index contributed by atoms with van der Waals surface area (Å²) < 4.78 is 5.64. The number of carbonyl (C=O) groups is 1. The number of pyridine rings is 1. The molecule has 0 saturated heterocycles. The van der Waals surface area contributed by atoms with Crippen molar-refractivity contribution in [2.45, 2.75) is 38.3 Å². The quantitative estimate of drug-likeness (QED) is 0.894. The van der Waals surface area contributed by atoms with Gasteiger partial charge in [0.15, 0.2) is 6.10 Å². The Bertz CT molecular complexity index is 865. The summed E-state index contributed by atoms with van der Waals surface area (Å²) >= 11 is 0. The molecule has 0 bridgehead atoms. The van der Waals surface area contributed by atoms with Crippen LogP contribution in [0.3, 0.4) is 0 Å². The molecule has 0 fully saturated rings. The lowest BCUT2D eigenvalue weighted by Crippen LogP contribution is -2.40. The molecule has 1 heterocycles. The van der Waals surface area contributed by atoms with Crippen molar-refractivity contribution in [2.24, 2.45) is 0 Å². The summed E-state index contributed by atoms with van der Waals surface area (Å²) in [6, 6.07) is 11.8. The summed E-state index contributed by atoms with van der Waals surface area (Å²) in [5.74, 6) is 0.323. The van der Waals surface area contributed by atoms with Gasteiger partial charge in [-0.1, -0.05) is 0 Å². The number of rotatable bonds is 4. The predicted molar refractivity (Wildman–Crippen MR) is 92.1 cm³/mol. The van der Waals surface area contributed by atoms with Crippen molar-refractivity contribution in [1.82, 2.24) is 10.3 Å². The monoisotopic (exact) mass is 337 g/mol. The first-order chi connectivity index (χ1) is 12.1. The van der Waals surface area contributed by atoms with Gasteiger partial charge >= 0.3 is 0 Å². The Balaban J connectivity index is 1.66. The van der Waals surface area contributed by atoms with E-state index in [4.69, 9.17) is 10.00 Å². The molecule has 6 nitrogen and oxygen atoms in total. The van der Waals surface area contributed by atoms with Gasteiger partial charge in [-0.15, -0.1) is 0 Å². The van der Waals surface area contributed by atoms with Crippen LogP contribution in [0.15, 0.2) is 41.2 Å². The minimum Gasteiger partial charge on any atom is -0.481 e. The topological polar surface area (TPSA) is 95.0 Å². The minimum absolute atomic E-state index is 0.122. The minimum atomic E-state index is -0.666. The molecule has 2 atom stereocenters. The van der Waals surface area contributed by atoms with E-state index >= 15 is 0 Å². The SMILES string of the molecule is C[C@H](Oc1ccc(C#N)cc1)C(=O)N[C@@H]1CCCc2[nH]c(=O)ccc21. The Morgan fingerprint density at radius 2 is 2.08 bits per heavy atom. The van der Waals surface area contributed by atoms with Crippen LogP contribution in [0.4, 0.5) is 0 Å². The fourth-order valence-electron chi connectivity index (χ4n) is 3.01. The first kappa shape index (κ1) is 16.8. The van der Waals surface area contributed by atoms with E-state index in [2.05, 4.69) is 10.3 Å². The van der Waals surface area contributed by atoms with Crippen molar-refractivity contribution < 1.29 is 9.53 Å². The van der Waals surface area contributed by atoms with Crippen molar-refractivity contribution in [3.8, 4) is 11.8 Å². The van der Waals surface area contributed by atoms with E-state index < -0.39 is 6.10 Å². The second kappa shape index (κ2) is 7.22. The van der Waals surface area contributed by atoms with Gasteiger partial charge in [0, 0.05) is 11.8 Å². The number of aromatic amines is 1. The van der Waals surface area contributed by atoms with Gasteiger partial charge in [-0.25, -0.2) is 0 Å². The molecule has 128 valence electrons. The van der Waals surface area contributed by atoms with Crippen LogP contribution in [0, 0.1) is 11.3 Å². The Morgan fingerprint density at radius 1 is 1.32 bits per heavy atom. The molecule has 1 aliphatic rings. The van der Waals surface area contributed by atoms with Gasteiger partial charge in [-0.3, -0.25) is 9.59 Å². The average Bonchev–Trinajstić information content (AvgIpc) is 2.62. The van der Waals surface area contributed by atoms with E-state index in [0.717, 1.165) is 30.5 Å².